The van der Waals surface area contributed by atoms with Crippen molar-refractivity contribution in [2.45, 2.75) is 97.6 Å². The van der Waals surface area contributed by atoms with E-state index in [-0.39, 0.29) is 0 Å². The largest absolute Gasteiger partial charge is 0.340 e. The Morgan fingerprint density at radius 2 is 0.613 bits per heavy atom. The van der Waals surface area contributed by atoms with Gasteiger partial charge >= 0.3 is 0 Å². The van der Waals surface area contributed by atoms with E-state index in [1.807, 2.05) is 0 Å². The lowest BCUT2D eigenvalue weighted by molar-refractivity contribution is 0.401. The highest BCUT2D eigenvalue weighted by Crippen LogP contribution is 2.58. The Hall–Kier alpha value is -10.2. The number of para-hydroxylation sites is 6. The van der Waals surface area contributed by atoms with Crippen LogP contribution in [0.25, 0.3) is 77.0 Å². The summed E-state index contributed by atoms with van der Waals surface area (Å²) in [5, 5.41) is 5.25. The molecule has 2 atom stereocenters. The zero-order chi connectivity index (χ0) is 62.8. The van der Waals surface area contributed by atoms with Gasteiger partial charge in [0.15, 0.2) is 0 Å². The fourth-order valence-corrected chi connectivity index (χ4v) is 15.6. The first-order valence-corrected chi connectivity index (χ1v) is 34.3. The molecule has 4 nitrogen and oxygen atoms in total. The third-order valence-corrected chi connectivity index (χ3v) is 20.5. The van der Waals surface area contributed by atoms with Gasteiger partial charge in [-0.05, 0) is 202 Å². The fraction of sp³-hybridized carbons (Fsp3) is 0.191. The summed E-state index contributed by atoms with van der Waals surface area (Å²) >= 11 is 0. The smallest absolute Gasteiger partial charge is 0.0714 e. The number of hydrogen-bond acceptors (Lipinski definition) is 2. The van der Waals surface area contributed by atoms with E-state index in [9.17, 15) is 0 Å². The molecule has 0 amide bonds. The van der Waals surface area contributed by atoms with Crippen LogP contribution in [0.2, 0.25) is 0 Å². The summed E-state index contributed by atoms with van der Waals surface area (Å²) < 4.78 is 5.24. The molecule has 14 aromatic rings. The van der Waals surface area contributed by atoms with E-state index < -0.39 is 5.41 Å². The van der Waals surface area contributed by atoms with Gasteiger partial charge in [0.2, 0.25) is 0 Å². The maximum atomic E-state index is 2.62. The van der Waals surface area contributed by atoms with Crippen LogP contribution in [0.4, 0.5) is 34.1 Å². The standard InChI is InChI=1S/C89H82N4/c1-5-9-27-63(7-3)61-90-85-39-25-23-37-79(85)81-57-65(43-55-87(81)90)67-41-53-77-78-54-42-68(66-44-56-88-82(58-66)80-38-24-26-40-86(80)91(88)62-64(8-4)28-10-6-2)60-84(78)89(83(77)59-67,69-45-49-75(50-46-69)92(71-29-15-11-16-30-71)72-31-17-12-18-32-72)70-47-51-76(52-48-70)93(73-33-19-13-20-34-73)74-35-21-14-22-36-74/h11-26,29-60,63-64H,5-10,27-28,61-62H2,1-4H3. The second-order valence-electron chi connectivity index (χ2n) is 25.9. The van der Waals surface area contributed by atoms with Crippen LogP contribution in [0.5, 0.6) is 0 Å². The number of unbranched alkanes of at least 4 members (excludes halogenated alkanes) is 2. The molecule has 2 aromatic heterocycles. The number of anilines is 6. The first-order chi connectivity index (χ1) is 45.9. The highest BCUT2D eigenvalue weighted by molar-refractivity contribution is 6.11. The van der Waals surface area contributed by atoms with Crippen molar-refractivity contribution in [2.24, 2.45) is 11.8 Å². The number of aromatic nitrogens is 2. The summed E-state index contributed by atoms with van der Waals surface area (Å²) in [6.45, 7) is 11.4. The van der Waals surface area contributed by atoms with E-state index in [0.717, 1.165) is 47.2 Å². The van der Waals surface area contributed by atoms with Gasteiger partial charge in [0.1, 0.15) is 0 Å². The lowest BCUT2D eigenvalue weighted by Crippen LogP contribution is -2.29. The van der Waals surface area contributed by atoms with Crippen molar-refractivity contribution in [2.75, 3.05) is 9.80 Å². The van der Waals surface area contributed by atoms with Gasteiger partial charge in [-0.15, -0.1) is 0 Å². The zero-order valence-electron chi connectivity index (χ0n) is 54.2. The lowest BCUT2D eigenvalue weighted by Gasteiger charge is -2.35. The van der Waals surface area contributed by atoms with Crippen LogP contribution in [-0.2, 0) is 18.5 Å². The molecule has 0 radical (unpaired) electrons. The van der Waals surface area contributed by atoms with Crippen LogP contribution in [0, 0.1) is 11.8 Å². The molecule has 0 bridgehead atoms. The normalized spacial score (nSPS) is 13.2. The number of rotatable bonds is 22. The molecule has 2 unspecified atom stereocenters. The van der Waals surface area contributed by atoms with Crippen molar-refractivity contribution in [3.8, 4) is 33.4 Å². The monoisotopic (exact) mass is 1210 g/mol. The number of hydrogen-bond donors (Lipinski definition) is 0. The van der Waals surface area contributed by atoms with Crippen LogP contribution in [0.1, 0.15) is 101 Å². The molecule has 0 fully saturated rings. The molecule has 0 spiro atoms. The van der Waals surface area contributed by atoms with Gasteiger partial charge in [0, 0.05) is 90.8 Å². The van der Waals surface area contributed by atoms with Gasteiger partial charge in [-0.25, -0.2) is 0 Å². The summed E-state index contributed by atoms with van der Waals surface area (Å²) in [5.74, 6) is 1.25. The van der Waals surface area contributed by atoms with E-state index >= 15 is 0 Å². The molecule has 0 N–H and O–H groups in total. The Morgan fingerprint density at radius 3 is 0.968 bits per heavy atom. The average molecular weight is 1210 g/mol. The molecular formula is C89H82N4. The van der Waals surface area contributed by atoms with Crippen molar-refractivity contribution < 1.29 is 0 Å². The quantitative estimate of drug-likeness (QED) is 0.0672. The van der Waals surface area contributed by atoms with E-state index in [2.05, 4.69) is 338 Å². The Kier molecular flexibility index (Phi) is 16.4. The lowest BCUT2D eigenvalue weighted by atomic mass is 9.67. The number of nitrogens with zero attached hydrogens (tertiary/aromatic N) is 4. The Balaban J connectivity index is 0.956. The minimum atomic E-state index is -0.774. The fourth-order valence-electron chi connectivity index (χ4n) is 15.6. The van der Waals surface area contributed by atoms with Crippen LogP contribution in [0.15, 0.2) is 291 Å². The van der Waals surface area contributed by atoms with Crippen molar-refractivity contribution in [3.63, 3.8) is 0 Å². The third kappa shape index (κ3) is 10.8. The molecule has 0 saturated carbocycles. The van der Waals surface area contributed by atoms with E-state index in [1.165, 1.54) is 151 Å². The van der Waals surface area contributed by atoms with Gasteiger partial charge in [-0.3, -0.25) is 0 Å². The highest BCUT2D eigenvalue weighted by atomic mass is 15.1. The van der Waals surface area contributed by atoms with Crippen molar-refractivity contribution >= 4 is 77.7 Å². The SMILES string of the molecule is CCCCC(CC)Cn1c2ccccc2c2cc(-c3ccc4c(c3)C(c3ccc(N(c5ccccc5)c5ccccc5)cc3)(c3ccc(N(c5ccccc5)c5ccccc5)cc3)c3cc(-c5ccc6c(c5)c5ccccc5n6CC(CC)CCCC)ccc3-4)ccc21. The van der Waals surface area contributed by atoms with Gasteiger partial charge in [-0.2, -0.15) is 0 Å². The number of benzene rings is 12. The van der Waals surface area contributed by atoms with Crippen LogP contribution >= 0.6 is 0 Å². The molecule has 93 heavy (non-hydrogen) atoms. The van der Waals surface area contributed by atoms with Crippen molar-refractivity contribution in [1.29, 1.82) is 0 Å². The second kappa shape index (κ2) is 25.8. The summed E-state index contributed by atoms with van der Waals surface area (Å²) in [6.07, 6.45) is 9.83. The van der Waals surface area contributed by atoms with Crippen molar-refractivity contribution in [1.82, 2.24) is 9.13 Å². The highest BCUT2D eigenvalue weighted by Gasteiger charge is 2.47. The molecule has 1 aliphatic rings. The average Bonchev–Trinajstić information content (AvgIpc) is 1.55. The topological polar surface area (TPSA) is 16.3 Å². The zero-order valence-corrected chi connectivity index (χ0v) is 54.2. The molecule has 458 valence electrons. The summed E-state index contributed by atoms with van der Waals surface area (Å²) in [4.78, 5) is 4.75. The summed E-state index contributed by atoms with van der Waals surface area (Å²) in [7, 11) is 0. The maximum absolute atomic E-state index is 2.62. The molecule has 15 rings (SSSR count). The maximum Gasteiger partial charge on any atom is 0.0714 e. The van der Waals surface area contributed by atoms with Crippen LogP contribution in [0.3, 0.4) is 0 Å². The number of fused-ring (bicyclic) bond motifs is 9. The molecule has 0 aliphatic heterocycles. The van der Waals surface area contributed by atoms with E-state index in [1.54, 1.807) is 0 Å². The minimum absolute atomic E-state index is 0.627. The summed E-state index contributed by atoms with van der Waals surface area (Å²) in [5.41, 5.74) is 23.4. The van der Waals surface area contributed by atoms with Gasteiger partial charge in [0.05, 0.1) is 5.41 Å². The molecule has 1 aliphatic carbocycles. The summed E-state index contributed by atoms with van der Waals surface area (Å²) in [6, 6.07) is 110. The minimum Gasteiger partial charge on any atom is -0.340 e. The van der Waals surface area contributed by atoms with Gasteiger partial charge < -0.3 is 18.9 Å². The Bertz CT molecular complexity index is 4510. The van der Waals surface area contributed by atoms with E-state index in [0.29, 0.717) is 11.8 Å². The molecular weight excluding hydrogens is 1130 g/mol. The van der Waals surface area contributed by atoms with E-state index in [4.69, 9.17) is 0 Å². The molecule has 2 heterocycles. The Morgan fingerprint density at radius 1 is 0.301 bits per heavy atom. The molecule has 0 saturated heterocycles. The van der Waals surface area contributed by atoms with Crippen LogP contribution in [-0.4, -0.2) is 9.13 Å². The first kappa shape index (κ1) is 59.2. The predicted molar refractivity (Wildman–Crippen MR) is 397 cm³/mol. The molecule has 4 heteroatoms. The van der Waals surface area contributed by atoms with Crippen LogP contribution < -0.4 is 9.80 Å². The predicted octanol–water partition coefficient (Wildman–Crippen LogP) is 25.0. The third-order valence-electron chi connectivity index (χ3n) is 20.5. The van der Waals surface area contributed by atoms with Crippen molar-refractivity contribution in [3.05, 3.63) is 313 Å². The van der Waals surface area contributed by atoms with Gasteiger partial charge in [-0.1, -0.05) is 236 Å². The van der Waals surface area contributed by atoms with Gasteiger partial charge in [0.25, 0.3) is 0 Å². The first-order valence-electron chi connectivity index (χ1n) is 34.3. The molecule has 12 aromatic carbocycles. The Labute approximate surface area is 549 Å². The second-order valence-corrected chi connectivity index (χ2v) is 25.9.